The number of imidazole rings is 1. The summed E-state index contributed by atoms with van der Waals surface area (Å²) in [6.07, 6.45) is 2.53. The van der Waals surface area contributed by atoms with Gasteiger partial charge in [0.25, 0.3) is 0 Å². The maximum atomic E-state index is 13.5. The lowest BCUT2D eigenvalue weighted by Gasteiger charge is -2.45. The summed E-state index contributed by atoms with van der Waals surface area (Å²) >= 11 is 0. The molecule has 3 aromatic rings. The van der Waals surface area contributed by atoms with E-state index in [4.69, 9.17) is 9.72 Å². The molecular formula is C24H27FN4O2. The van der Waals surface area contributed by atoms with Crippen LogP contribution in [0.15, 0.2) is 42.5 Å². The Kier molecular flexibility index (Phi) is 5.46. The van der Waals surface area contributed by atoms with Crippen LogP contribution in [-0.2, 0) is 11.3 Å². The summed E-state index contributed by atoms with van der Waals surface area (Å²) in [5, 5.41) is 3.74. The minimum absolute atomic E-state index is 0.286. The molecule has 7 heteroatoms. The number of para-hydroxylation sites is 1. The monoisotopic (exact) mass is 422 g/mol. The van der Waals surface area contributed by atoms with Crippen LogP contribution in [0.5, 0.6) is 0 Å². The van der Waals surface area contributed by atoms with E-state index in [0.717, 1.165) is 41.4 Å². The molecule has 3 fully saturated rings. The molecule has 162 valence electrons. The number of rotatable bonds is 6. The number of ether oxygens (including phenoxy) is 1. The first kappa shape index (κ1) is 20.2. The highest BCUT2D eigenvalue weighted by Gasteiger charge is 2.33. The summed E-state index contributed by atoms with van der Waals surface area (Å²) in [7, 11) is 1.39. The Bertz CT molecular complexity index is 1090. The first-order valence-electron chi connectivity index (χ1n) is 10.9. The third-order valence-electron chi connectivity index (χ3n) is 6.67. The Morgan fingerprint density at radius 1 is 1.19 bits per heavy atom. The van der Waals surface area contributed by atoms with E-state index in [2.05, 4.69) is 14.8 Å². The fourth-order valence-electron chi connectivity index (χ4n) is 5.06. The van der Waals surface area contributed by atoms with E-state index in [-0.39, 0.29) is 11.8 Å². The molecule has 3 saturated heterocycles. The molecule has 31 heavy (non-hydrogen) atoms. The van der Waals surface area contributed by atoms with Gasteiger partial charge in [0.15, 0.2) is 0 Å². The van der Waals surface area contributed by atoms with Gasteiger partial charge in [-0.2, -0.15) is 0 Å². The lowest BCUT2D eigenvalue weighted by Crippen LogP contribution is -2.56. The van der Waals surface area contributed by atoms with E-state index in [1.165, 1.54) is 45.2 Å². The molecule has 2 bridgehead atoms. The van der Waals surface area contributed by atoms with Gasteiger partial charge >= 0.3 is 5.97 Å². The van der Waals surface area contributed by atoms with E-state index in [0.29, 0.717) is 18.2 Å². The van der Waals surface area contributed by atoms with E-state index >= 15 is 0 Å². The first-order valence-corrected chi connectivity index (χ1v) is 10.9. The molecule has 3 aliphatic heterocycles. The molecule has 1 aromatic heterocycles. The average Bonchev–Trinajstić information content (AvgIpc) is 3.18. The zero-order valence-corrected chi connectivity index (χ0v) is 17.7. The topological polar surface area (TPSA) is 59.4 Å². The smallest absolute Gasteiger partial charge is 0.340 e. The second-order valence-electron chi connectivity index (χ2n) is 8.46. The number of fused-ring (bicyclic) bond motifs is 4. The van der Waals surface area contributed by atoms with E-state index in [1.54, 1.807) is 18.2 Å². The molecular weight excluding hydrogens is 395 g/mol. The molecule has 0 spiro atoms. The van der Waals surface area contributed by atoms with Crippen molar-refractivity contribution < 1.29 is 13.9 Å². The van der Waals surface area contributed by atoms with E-state index in [1.807, 2.05) is 12.1 Å². The van der Waals surface area contributed by atoms with Gasteiger partial charge in [0, 0.05) is 31.2 Å². The van der Waals surface area contributed by atoms with Crippen molar-refractivity contribution >= 4 is 17.0 Å². The standard InChI is InChI=1S/C24H27FN4O2/c1-31-24(30)19-3-2-4-20-22(19)29(23(27-20)17-5-7-18(25)8-6-17)14-11-26-21-15-28-12-9-16(21)10-13-28/h2-8,16,21,26H,9-15H2,1H3/t21-/m1/s1. The van der Waals surface area contributed by atoms with Gasteiger partial charge in [-0.25, -0.2) is 14.2 Å². The number of piperidine rings is 3. The van der Waals surface area contributed by atoms with E-state index < -0.39 is 0 Å². The largest absolute Gasteiger partial charge is 0.465 e. The average molecular weight is 423 g/mol. The van der Waals surface area contributed by atoms with Crippen LogP contribution in [-0.4, -0.2) is 59.8 Å². The fraction of sp³-hybridized carbons (Fsp3) is 0.417. The lowest BCUT2D eigenvalue weighted by molar-refractivity contribution is 0.0602. The SMILES string of the molecule is COC(=O)c1cccc2nc(-c3ccc(F)cc3)n(CCN[C@@H]3CN4CCC3CC4)c12. The summed E-state index contributed by atoms with van der Waals surface area (Å²) in [6, 6.07) is 12.3. The van der Waals surface area contributed by atoms with Crippen LogP contribution in [0.25, 0.3) is 22.4 Å². The quantitative estimate of drug-likeness (QED) is 0.618. The van der Waals surface area contributed by atoms with Crippen LogP contribution in [0.1, 0.15) is 23.2 Å². The maximum Gasteiger partial charge on any atom is 0.340 e. The van der Waals surface area contributed by atoms with E-state index in [9.17, 15) is 9.18 Å². The predicted molar refractivity (Wildman–Crippen MR) is 117 cm³/mol. The van der Waals surface area contributed by atoms with Gasteiger partial charge in [0.2, 0.25) is 0 Å². The number of benzene rings is 2. The molecule has 1 atom stereocenters. The number of aromatic nitrogens is 2. The van der Waals surface area contributed by atoms with Gasteiger partial charge in [-0.3, -0.25) is 0 Å². The number of halogens is 1. The second kappa shape index (κ2) is 8.40. The zero-order chi connectivity index (χ0) is 21.4. The molecule has 1 N–H and O–H groups in total. The Morgan fingerprint density at radius 3 is 2.65 bits per heavy atom. The molecule has 0 saturated carbocycles. The molecule has 3 aliphatic rings. The molecule has 4 heterocycles. The Morgan fingerprint density at radius 2 is 1.97 bits per heavy atom. The third kappa shape index (κ3) is 3.83. The van der Waals surface area contributed by atoms with Gasteiger partial charge < -0.3 is 19.5 Å². The predicted octanol–water partition coefficient (Wildman–Crippen LogP) is 3.31. The lowest BCUT2D eigenvalue weighted by atomic mass is 9.84. The van der Waals surface area contributed by atoms with Gasteiger partial charge in [0.05, 0.1) is 23.7 Å². The highest BCUT2D eigenvalue weighted by Crippen LogP contribution is 2.29. The van der Waals surface area contributed by atoms with Crippen molar-refractivity contribution in [3.8, 4) is 11.4 Å². The zero-order valence-electron chi connectivity index (χ0n) is 17.7. The maximum absolute atomic E-state index is 13.5. The van der Waals surface area contributed by atoms with Crippen molar-refractivity contribution in [2.45, 2.75) is 25.4 Å². The van der Waals surface area contributed by atoms with Crippen molar-refractivity contribution in [2.75, 3.05) is 33.3 Å². The van der Waals surface area contributed by atoms with Crippen molar-refractivity contribution in [2.24, 2.45) is 5.92 Å². The van der Waals surface area contributed by atoms with Gasteiger partial charge in [-0.1, -0.05) is 6.07 Å². The number of hydrogen-bond acceptors (Lipinski definition) is 5. The third-order valence-corrected chi connectivity index (χ3v) is 6.67. The highest BCUT2D eigenvalue weighted by molar-refractivity contribution is 6.03. The summed E-state index contributed by atoms with van der Waals surface area (Å²) in [5.74, 6) is 0.794. The first-order chi connectivity index (χ1) is 15.1. The second-order valence-corrected chi connectivity index (χ2v) is 8.46. The Hall–Kier alpha value is -2.77. The van der Waals surface area contributed by atoms with Crippen LogP contribution in [0, 0.1) is 11.7 Å². The number of esters is 1. The number of carbonyl (C=O) groups is 1. The molecule has 6 nitrogen and oxygen atoms in total. The van der Waals surface area contributed by atoms with Gasteiger partial charge in [-0.15, -0.1) is 0 Å². The van der Waals surface area contributed by atoms with Crippen LogP contribution in [0.3, 0.4) is 0 Å². The summed E-state index contributed by atoms with van der Waals surface area (Å²) < 4.78 is 20.6. The number of carbonyl (C=O) groups excluding carboxylic acids is 1. The van der Waals surface area contributed by atoms with Crippen LogP contribution >= 0.6 is 0 Å². The van der Waals surface area contributed by atoms with Crippen molar-refractivity contribution in [1.29, 1.82) is 0 Å². The molecule has 6 rings (SSSR count). The van der Waals surface area contributed by atoms with Gasteiger partial charge in [0.1, 0.15) is 11.6 Å². The van der Waals surface area contributed by atoms with Crippen LogP contribution in [0.2, 0.25) is 0 Å². The summed E-state index contributed by atoms with van der Waals surface area (Å²) in [6.45, 7) is 4.95. The van der Waals surface area contributed by atoms with Crippen molar-refractivity contribution in [3.05, 3.63) is 53.8 Å². The van der Waals surface area contributed by atoms with Crippen molar-refractivity contribution in [1.82, 2.24) is 19.8 Å². The van der Waals surface area contributed by atoms with Gasteiger partial charge in [-0.05, 0) is 68.2 Å². The highest BCUT2D eigenvalue weighted by atomic mass is 19.1. The van der Waals surface area contributed by atoms with Crippen molar-refractivity contribution in [3.63, 3.8) is 0 Å². The molecule has 0 unspecified atom stereocenters. The molecule has 2 aromatic carbocycles. The Balaban J connectivity index is 1.48. The summed E-state index contributed by atoms with van der Waals surface area (Å²) in [5.41, 5.74) is 2.79. The number of hydrogen-bond donors (Lipinski definition) is 1. The number of nitrogens with zero attached hydrogens (tertiary/aromatic N) is 3. The number of nitrogens with one attached hydrogen (secondary N) is 1. The minimum atomic E-state index is -0.386. The number of methoxy groups -OCH3 is 1. The van der Waals surface area contributed by atoms with Crippen LogP contribution < -0.4 is 5.32 Å². The normalized spacial score (nSPS) is 22.7. The fourth-order valence-corrected chi connectivity index (χ4v) is 5.06. The van der Waals surface area contributed by atoms with Crippen LogP contribution in [0.4, 0.5) is 4.39 Å². The molecule has 0 aliphatic carbocycles. The molecule has 0 amide bonds. The Labute approximate surface area is 181 Å². The minimum Gasteiger partial charge on any atom is -0.465 e. The summed E-state index contributed by atoms with van der Waals surface area (Å²) in [4.78, 5) is 19.8. The molecule has 0 radical (unpaired) electrons.